The Labute approximate surface area is 300 Å². The maximum absolute atomic E-state index is 14.3. The molecule has 0 spiro atoms. The number of piperidine rings is 1. The third-order valence-corrected chi connectivity index (χ3v) is 9.13. The summed E-state index contributed by atoms with van der Waals surface area (Å²) in [7, 11) is 9.30. The first-order chi connectivity index (χ1) is 24.7. The number of likely N-dealkylation sites (N-methyl/N-ethyl adjacent to an activating group) is 1. The fourth-order valence-corrected chi connectivity index (χ4v) is 6.37. The van der Waals surface area contributed by atoms with Gasteiger partial charge in [0.25, 0.3) is 5.91 Å². The van der Waals surface area contributed by atoms with Gasteiger partial charge in [0.2, 0.25) is 11.7 Å². The number of hydrogen-bond donors (Lipinski definition) is 1. The van der Waals surface area contributed by atoms with Crippen LogP contribution in [-0.4, -0.2) is 84.5 Å². The summed E-state index contributed by atoms with van der Waals surface area (Å²) in [4.78, 5) is 42.0. The van der Waals surface area contributed by atoms with E-state index in [0.29, 0.717) is 77.9 Å². The van der Waals surface area contributed by atoms with Crippen LogP contribution in [0.15, 0.2) is 54.6 Å². The third-order valence-electron chi connectivity index (χ3n) is 9.13. The molecule has 12 heteroatoms. The third kappa shape index (κ3) is 9.56. The quantitative estimate of drug-likeness (QED) is 0.176. The lowest BCUT2D eigenvalue weighted by molar-refractivity contribution is -0.162. The van der Waals surface area contributed by atoms with Crippen molar-refractivity contribution in [1.29, 1.82) is 0 Å². The molecule has 4 rings (SSSR count). The summed E-state index contributed by atoms with van der Waals surface area (Å²) in [5.74, 6) is 1.56. The van der Waals surface area contributed by atoms with Gasteiger partial charge in [-0.25, -0.2) is 4.79 Å². The molecule has 51 heavy (non-hydrogen) atoms. The highest BCUT2D eigenvalue weighted by atomic mass is 16.5. The van der Waals surface area contributed by atoms with Gasteiger partial charge in [-0.2, -0.15) is 0 Å². The van der Waals surface area contributed by atoms with E-state index in [-0.39, 0.29) is 18.4 Å². The van der Waals surface area contributed by atoms with Gasteiger partial charge in [0, 0.05) is 13.6 Å². The number of methoxy groups -OCH3 is 5. The summed E-state index contributed by atoms with van der Waals surface area (Å²) in [5, 5.41) is 2.54. The van der Waals surface area contributed by atoms with Crippen LogP contribution in [0.4, 0.5) is 0 Å². The maximum Gasteiger partial charge on any atom is 0.329 e. The number of carbonyl (C=O) groups excluding carboxylic acids is 3. The standard InChI is InChI=1S/C39H50N2O10/c1-8-29(27-22-34(47-5)37(49-7)35(23-27)48-6)38(43)41-19-10-9-14-30(41)39(44)51-31(17-15-25-16-18-32(45-3)33(20-25)46-4)26-12-11-13-28(21-26)50-24-36(42)40-2/h11-13,16,18,20-23,29-31H,8-10,14-15,17,19,24H2,1-7H3,(H,40,42)/t29-,30-,31+/m0/s1. The monoisotopic (exact) mass is 706 g/mol. The molecule has 3 aromatic rings. The molecule has 2 amide bonds. The second-order valence-electron chi connectivity index (χ2n) is 12.2. The van der Waals surface area contributed by atoms with E-state index >= 15 is 0 Å². The fourth-order valence-electron chi connectivity index (χ4n) is 6.37. The van der Waals surface area contributed by atoms with Crippen molar-refractivity contribution in [2.75, 3.05) is 55.7 Å². The number of carbonyl (C=O) groups is 3. The molecule has 1 heterocycles. The first kappa shape index (κ1) is 38.7. The number of rotatable bonds is 17. The van der Waals surface area contributed by atoms with Crippen molar-refractivity contribution in [2.45, 2.75) is 63.5 Å². The number of hydrogen-bond acceptors (Lipinski definition) is 10. The average Bonchev–Trinajstić information content (AvgIpc) is 3.17. The second kappa shape index (κ2) is 18.7. The Morgan fingerprint density at radius 3 is 2.16 bits per heavy atom. The second-order valence-corrected chi connectivity index (χ2v) is 12.2. The number of likely N-dealkylation sites (tertiary alicyclic amines) is 1. The number of aryl methyl sites for hydroxylation is 1. The molecule has 1 saturated heterocycles. The highest BCUT2D eigenvalue weighted by Crippen LogP contribution is 2.41. The lowest BCUT2D eigenvalue weighted by Crippen LogP contribution is -2.50. The van der Waals surface area contributed by atoms with Crippen molar-refractivity contribution in [2.24, 2.45) is 0 Å². The Bertz CT molecular complexity index is 1620. The van der Waals surface area contributed by atoms with Crippen molar-refractivity contribution >= 4 is 17.8 Å². The van der Waals surface area contributed by atoms with Crippen LogP contribution in [0.1, 0.15) is 67.7 Å². The predicted octanol–water partition coefficient (Wildman–Crippen LogP) is 5.65. The zero-order valence-corrected chi connectivity index (χ0v) is 30.6. The van der Waals surface area contributed by atoms with Crippen LogP contribution >= 0.6 is 0 Å². The summed E-state index contributed by atoms with van der Waals surface area (Å²) in [5.41, 5.74) is 2.37. The van der Waals surface area contributed by atoms with Crippen LogP contribution in [-0.2, 0) is 25.5 Å². The molecule has 0 radical (unpaired) electrons. The molecule has 276 valence electrons. The van der Waals surface area contributed by atoms with Crippen LogP contribution < -0.4 is 33.7 Å². The minimum atomic E-state index is -0.765. The van der Waals surface area contributed by atoms with Gasteiger partial charge in [0.1, 0.15) is 17.9 Å². The van der Waals surface area contributed by atoms with Crippen LogP contribution in [0, 0.1) is 0 Å². The van der Waals surface area contributed by atoms with E-state index in [9.17, 15) is 14.4 Å². The molecule has 1 fully saturated rings. The number of amides is 2. The Morgan fingerprint density at radius 2 is 1.53 bits per heavy atom. The lowest BCUT2D eigenvalue weighted by atomic mass is 9.91. The normalized spacial score (nSPS) is 15.2. The van der Waals surface area contributed by atoms with Crippen molar-refractivity contribution in [3.05, 3.63) is 71.3 Å². The first-order valence-electron chi connectivity index (χ1n) is 17.2. The molecule has 1 N–H and O–H groups in total. The Kier molecular flexibility index (Phi) is 14.2. The van der Waals surface area contributed by atoms with Gasteiger partial charge in [-0.1, -0.05) is 25.1 Å². The summed E-state index contributed by atoms with van der Waals surface area (Å²) >= 11 is 0. The van der Waals surface area contributed by atoms with Gasteiger partial charge >= 0.3 is 5.97 Å². The number of esters is 1. The van der Waals surface area contributed by atoms with Crippen molar-refractivity contribution in [3.63, 3.8) is 0 Å². The first-order valence-corrected chi connectivity index (χ1v) is 17.2. The van der Waals surface area contributed by atoms with Crippen LogP contribution in [0.3, 0.4) is 0 Å². The number of nitrogens with zero attached hydrogens (tertiary/aromatic N) is 1. The minimum Gasteiger partial charge on any atom is -0.493 e. The molecule has 0 aromatic heterocycles. The predicted molar refractivity (Wildman–Crippen MR) is 191 cm³/mol. The minimum absolute atomic E-state index is 0.153. The zero-order valence-electron chi connectivity index (χ0n) is 30.6. The molecule has 1 aliphatic heterocycles. The molecule has 0 aliphatic carbocycles. The molecule has 0 unspecified atom stereocenters. The highest BCUT2D eigenvalue weighted by molar-refractivity contribution is 5.89. The SMILES string of the molecule is CC[C@H](C(=O)N1CCCC[C@H]1C(=O)O[C@H](CCc1ccc(OC)c(OC)c1)c1cccc(OCC(=O)NC)c1)c1cc(OC)c(OC)c(OC)c1. The molecular weight excluding hydrogens is 656 g/mol. The molecule has 12 nitrogen and oxygen atoms in total. The molecule has 3 aromatic carbocycles. The van der Waals surface area contributed by atoms with E-state index in [1.165, 1.54) is 21.3 Å². The van der Waals surface area contributed by atoms with Crippen molar-refractivity contribution in [1.82, 2.24) is 10.2 Å². The Morgan fingerprint density at radius 1 is 0.824 bits per heavy atom. The summed E-state index contributed by atoms with van der Waals surface area (Å²) < 4.78 is 39.5. The van der Waals surface area contributed by atoms with Gasteiger partial charge in [0.15, 0.2) is 29.6 Å². The van der Waals surface area contributed by atoms with E-state index in [2.05, 4.69) is 5.32 Å². The molecule has 1 aliphatic rings. The number of benzene rings is 3. The smallest absolute Gasteiger partial charge is 0.329 e. The van der Waals surface area contributed by atoms with E-state index in [4.69, 9.17) is 33.2 Å². The maximum atomic E-state index is 14.3. The van der Waals surface area contributed by atoms with Gasteiger partial charge < -0.3 is 43.4 Å². The van der Waals surface area contributed by atoms with Crippen molar-refractivity contribution < 1.29 is 47.5 Å². The molecular formula is C39H50N2O10. The topological polar surface area (TPSA) is 131 Å². The van der Waals surface area contributed by atoms with Crippen LogP contribution in [0.5, 0.6) is 34.5 Å². The summed E-state index contributed by atoms with van der Waals surface area (Å²) in [6.07, 6.45) is 2.83. The highest BCUT2D eigenvalue weighted by Gasteiger charge is 2.38. The number of nitrogens with one attached hydrogen (secondary N) is 1. The summed E-state index contributed by atoms with van der Waals surface area (Å²) in [6.45, 7) is 2.21. The van der Waals surface area contributed by atoms with E-state index in [0.717, 1.165) is 18.4 Å². The number of ether oxygens (including phenoxy) is 7. The molecule has 0 saturated carbocycles. The van der Waals surface area contributed by atoms with Gasteiger partial charge in [-0.15, -0.1) is 0 Å². The van der Waals surface area contributed by atoms with Crippen LogP contribution in [0.2, 0.25) is 0 Å². The fraction of sp³-hybridized carbons (Fsp3) is 0.462. The van der Waals surface area contributed by atoms with E-state index in [1.807, 2.05) is 31.2 Å². The summed E-state index contributed by atoms with van der Waals surface area (Å²) in [6, 6.07) is 15.7. The van der Waals surface area contributed by atoms with E-state index in [1.54, 1.807) is 56.5 Å². The lowest BCUT2D eigenvalue weighted by Gasteiger charge is -2.37. The van der Waals surface area contributed by atoms with Gasteiger partial charge in [-0.05, 0) is 91.6 Å². The van der Waals surface area contributed by atoms with Crippen molar-refractivity contribution in [3.8, 4) is 34.5 Å². The Hall–Kier alpha value is -5.13. The average molecular weight is 707 g/mol. The molecule has 3 atom stereocenters. The Balaban J connectivity index is 1.62. The largest absolute Gasteiger partial charge is 0.493 e. The van der Waals surface area contributed by atoms with E-state index < -0.39 is 24.0 Å². The van der Waals surface area contributed by atoms with Gasteiger partial charge in [-0.3, -0.25) is 9.59 Å². The zero-order chi connectivity index (χ0) is 36.9. The van der Waals surface area contributed by atoms with Gasteiger partial charge in [0.05, 0.1) is 41.5 Å². The van der Waals surface area contributed by atoms with Crippen LogP contribution in [0.25, 0.3) is 0 Å². The molecule has 0 bridgehead atoms.